The molecule has 4 rings (SSSR count). The van der Waals surface area contributed by atoms with Crippen LogP contribution in [0.15, 0.2) is 48.5 Å². The number of fused-ring (bicyclic) bond motifs is 1. The van der Waals surface area contributed by atoms with Crippen LogP contribution in [0.1, 0.15) is 17.2 Å². The highest BCUT2D eigenvalue weighted by Crippen LogP contribution is 2.37. The second-order valence-electron chi connectivity index (χ2n) is 6.56. The Morgan fingerprint density at radius 1 is 1.07 bits per heavy atom. The van der Waals surface area contributed by atoms with Gasteiger partial charge < -0.3 is 14.8 Å². The van der Waals surface area contributed by atoms with Crippen molar-refractivity contribution in [3.05, 3.63) is 64.7 Å². The van der Waals surface area contributed by atoms with Crippen LogP contribution in [0.4, 0.5) is 0 Å². The van der Waals surface area contributed by atoms with Crippen molar-refractivity contribution in [1.29, 1.82) is 0 Å². The van der Waals surface area contributed by atoms with Gasteiger partial charge in [-0.05, 0) is 23.8 Å². The van der Waals surface area contributed by atoms with E-state index >= 15 is 0 Å². The Labute approximate surface area is 178 Å². The normalized spacial score (nSPS) is 22.0. The Hall–Kier alpha value is -1.01. The number of ether oxygens (including phenoxy) is 2. The quantitative estimate of drug-likeness (QED) is 0.790. The SMILES string of the molecule is Cl.Cl.Clc1cccc(CO[C@H]2COc3ccccc3[C@@H]2N2CCNCC2)c1. The topological polar surface area (TPSA) is 33.7 Å². The van der Waals surface area contributed by atoms with Crippen LogP contribution in [0.2, 0.25) is 5.02 Å². The smallest absolute Gasteiger partial charge is 0.124 e. The largest absolute Gasteiger partial charge is 0.490 e. The molecule has 0 unspecified atom stereocenters. The van der Waals surface area contributed by atoms with Crippen LogP contribution >= 0.6 is 36.4 Å². The highest BCUT2D eigenvalue weighted by molar-refractivity contribution is 6.30. The maximum atomic E-state index is 6.30. The summed E-state index contributed by atoms with van der Waals surface area (Å²) in [5.74, 6) is 0.980. The average Bonchev–Trinajstić information content (AvgIpc) is 2.66. The second kappa shape index (κ2) is 10.5. The minimum atomic E-state index is 0. The lowest BCUT2D eigenvalue weighted by Gasteiger charge is -2.42. The van der Waals surface area contributed by atoms with E-state index in [1.165, 1.54) is 5.56 Å². The molecule has 2 atom stereocenters. The van der Waals surface area contributed by atoms with Gasteiger partial charge in [-0.2, -0.15) is 0 Å². The second-order valence-corrected chi connectivity index (χ2v) is 7.00. The van der Waals surface area contributed by atoms with E-state index in [-0.39, 0.29) is 37.0 Å². The van der Waals surface area contributed by atoms with Crippen LogP contribution < -0.4 is 10.1 Å². The van der Waals surface area contributed by atoms with E-state index < -0.39 is 0 Å². The van der Waals surface area contributed by atoms with Crippen molar-refractivity contribution in [2.75, 3.05) is 32.8 Å². The molecule has 4 nitrogen and oxygen atoms in total. The third kappa shape index (κ3) is 5.29. The molecule has 0 saturated carbocycles. The first kappa shape index (κ1) is 22.3. The highest BCUT2D eigenvalue weighted by atomic mass is 35.5. The van der Waals surface area contributed by atoms with Gasteiger partial charge in [-0.15, -0.1) is 24.8 Å². The van der Waals surface area contributed by atoms with Crippen LogP contribution in [0.3, 0.4) is 0 Å². The van der Waals surface area contributed by atoms with Gasteiger partial charge in [0.1, 0.15) is 18.5 Å². The predicted octanol–water partition coefficient (Wildman–Crippen LogP) is 4.11. The van der Waals surface area contributed by atoms with Crippen LogP contribution in [-0.2, 0) is 11.3 Å². The maximum Gasteiger partial charge on any atom is 0.124 e. The minimum Gasteiger partial charge on any atom is -0.490 e. The summed E-state index contributed by atoms with van der Waals surface area (Å²) >= 11 is 6.09. The van der Waals surface area contributed by atoms with Crippen molar-refractivity contribution < 1.29 is 9.47 Å². The van der Waals surface area contributed by atoms with Crippen LogP contribution in [0.5, 0.6) is 5.75 Å². The van der Waals surface area contributed by atoms with Crippen LogP contribution in [0.25, 0.3) is 0 Å². The Morgan fingerprint density at radius 3 is 2.63 bits per heavy atom. The molecule has 1 saturated heterocycles. The number of nitrogens with one attached hydrogen (secondary N) is 1. The minimum absolute atomic E-state index is 0. The van der Waals surface area contributed by atoms with Gasteiger partial charge in [-0.3, -0.25) is 4.90 Å². The molecule has 0 spiro atoms. The van der Waals surface area contributed by atoms with E-state index in [2.05, 4.69) is 28.4 Å². The van der Waals surface area contributed by atoms with Gasteiger partial charge in [0, 0.05) is 36.8 Å². The number of hydrogen-bond donors (Lipinski definition) is 1. The molecule has 0 aromatic heterocycles. The zero-order chi connectivity index (χ0) is 17.1. The third-order valence-electron chi connectivity index (χ3n) is 4.89. The molecule has 148 valence electrons. The van der Waals surface area contributed by atoms with Crippen molar-refractivity contribution in [1.82, 2.24) is 10.2 Å². The van der Waals surface area contributed by atoms with Gasteiger partial charge in [0.05, 0.1) is 12.6 Å². The molecule has 2 aliphatic rings. The summed E-state index contributed by atoms with van der Waals surface area (Å²) in [5.41, 5.74) is 2.32. The number of benzene rings is 2. The van der Waals surface area contributed by atoms with Crippen LogP contribution in [0, 0.1) is 0 Å². The van der Waals surface area contributed by atoms with E-state index in [1.807, 2.05) is 30.3 Å². The molecule has 1 N–H and O–H groups in total. The fourth-order valence-electron chi connectivity index (χ4n) is 3.68. The van der Waals surface area contributed by atoms with E-state index in [0.29, 0.717) is 13.2 Å². The van der Waals surface area contributed by atoms with Gasteiger partial charge >= 0.3 is 0 Å². The Morgan fingerprint density at radius 2 is 1.85 bits per heavy atom. The summed E-state index contributed by atoms with van der Waals surface area (Å²) in [6.07, 6.45) is 0.00646. The van der Waals surface area contributed by atoms with Crippen molar-refractivity contribution in [3.63, 3.8) is 0 Å². The number of para-hydroxylation sites is 1. The monoisotopic (exact) mass is 430 g/mol. The number of hydrogen-bond acceptors (Lipinski definition) is 4. The molecule has 0 radical (unpaired) electrons. The first-order valence-electron chi connectivity index (χ1n) is 8.84. The molecular weight excluding hydrogens is 407 g/mol. The van der Waals surface area contributed by atoms with Gasteiger partial charge in [-0.1, -0.05) is 41.9 Å². The molecule has 2 heterocycles. The first-order chi connectivity index (χ1) is 12.3. The molecule has 1 fully saturated rings. The van der Waals surface area contributed by atoms with E-state index in [4.69, 9.17) is 21.1 Å². The van der Waals surface area contributed by atoms with Crippen molar-refractivity contribution in [2.45, 2.75) is 18.8 Å². The van der Waals surface area contributed by atoms with Crippen molar-refractivity contribution >= 4 is 36.4 Å². The zero-order valence-corrected chi connectivity index (χ0v) is 17.4. The molecular formula is C20H25Cl3N2O2. The van der Waals surface area contributed by atoms with E-state index in [1.54, 1.807) is 0 Å². The van der Waals surface area contributed by atoms with Gasteiger partial charge in [0.2, 0.25) is 0 Å². The summed E-state index contributed by atoms with van der Waals surface area (Å²) < 4.78 is 12.3. The van der Waals surface area contributed by atoms with Crippen molar-refractivity contribution in [3.8, 4) is 5.75 Å². The lowest BCUT2D eigenvalue weighted by atomic mass is 9.95. The van der Waals surface area contributed by atoms with Gasteiger partial charge in [0.15, 0.2) is 0 Å². The van der Waals surface area contributed by atoms with Gasteiger partial charge in [-0.25, -0.2) is 0 Å². The number of nitrogens with zero attached hydrogens (tertiary/aromatic N) is 1. The summed E-state index contributed by atoms with van der Waals surface area (Å²) in [6, 6.07) is 16.4. The summed E-state index contributed by atoms with van der Waals surface area (Å²) in [6.45, 7) is 5.19. The summed E-state index contributed by atoms with van der Waals surface area (Å²) in [5, 5.41) is 4.17. The van der Waals surface area contributed by atoms with Crippen molar-refractivity contribution in [2.24, 2.45) is 0 Å². The Bertz CT molecular complexity index is 726. The lowest BCUT2D eigenvalue weighted by Crippen LogP contribution is -2.51. The summed E-state index contributed by atoms with van der Waals surface area (Å²) in [7, 11) is 0. The fourth-order valence-corrected chi connectivity index (χ4v) is 3.89. The fraction of sp³-hybridized carbons (Fsp3) is 0.400. The average molecular weight is 432 g/mol. The molecule has 2 aromatic carbocycles. The number of rotatable bonds is 4. The predicted molar refractivity (Wildman–Crippen MR) is 114 cm³/mol. The molecule has 0 aliphatic carbocycles. The molecule has 2 aliphatic heterocycles. The van der Waals surface area contributed by atoms with E-state index in [9.17, 15) is 0 Å². The summed E-state index contributed by atoms with van der Waals surface area (Å²) in [4.78, 5) is 2.51. The number of halogens is 3. The third-order valence-corrected chi connectivity index (χ3v) is 5.13. The van der Waals surface area contributed by atoms with E-state index in [0.717, 1.165) is 42.5 Å². The molecule has 7 heteroatoms. The lowest BCUT2D eigenvalue weighted by molar-refractivity contribution is -0.0617. The maximum absolute atomic E-state index is 6.30. The molecule has 0 bridgehead atoms. The first-order valence-corrected chi connectivity index (χ1v) is 9.21. The zero-order valence-electron chi connectivity index (χ0n) is 15.0. The standard InChI is InChI=1S/C20H23ClN2O2.2ClH/c21-16-5-3-4-15(12-16)13-24-19-14-25-18-7-2-1-6-17(18)20(19)23-10-8-22-9-11-23;;/h1-7,12,19-20,22H,8-11,13-14H2;2*1H/t19-,20-;;/m0../s1. The highest BCUT2D eigenvalue weighted by Gasteiger charge is 2.36. The Balaban J connectivity index is 0.00000131. The Kier molecular flexibility index (Phi) is 8.67. The molecule has 2 aromatic rings. The van der Waals surface area contributed by atoms with Gasteiger partial charge in [0.25, 0.3) is 0 Å². The van der Waals surface area contributed by atoms with Crippen LogP contribution in [-0.4, -0.2) is 43.8 Å². The molecule has 0 amide bonds. The number of piperazine rings is 1. The molecule has 27 heavy (non-hydrogen) atoms.